The van der Waals surface area contributed by atoms with Crippen molar-refractivity contribution >= 4 is 17.2 Å². The van der Waals surface area contributed by atoms with Gasteiger partial charge in [-0.05, 0) is 32.2 Å². The number of Topliss-reactive ketones (excluding diaryl/α,β-unsaturated/α-hetero) is 1. The van der Waals surface area contributed by atoms with E-state index in [1.54, 1.807) is 6.92 Å². The molecule has 0 aliphatic carbocycles. The Morgan fingerprint density at radius 1 is 1.22 bits per heavy atom. The molecule has 0 saturated carbocycles. The first-order chi connectivity index (χ1) is 8.61. The topological polar surface area (TPSA) is 35.6 Å². The van der Waals surface area contributed by atoms with Gasteiger partial charge in [0.1, 0.15) is 0 Å². The Balaban J connectivity index is 2.24. The Morgan fingerprint density at radius 2 is 1.89 bits per heavy atom. The number of anilines is 2. The molecule has 1 aliphatic rings. The van der Waals surface area contributed by atoms with Gasteiger partial charge in [0.15, 0.2) is 5.78 Å². The van der Waals surface area contributed by atoms with E-state index in [1.807, 2.05) is 19.2 Å². The van der Waals surface area contributed by atoms with Crippen LogP contribution < -0.4 is 10.2 Å². The highest BCUT2D eigenvalue weighted by Gasteiger charge is 2.16. The van der Waals surface area contributed by atoms with Crippen LogP contribution in [0.2, 0.25) is 0 Å². The fourth-order valence-corrected chi connectivity index (χ4v) is 2.30. The molecule has 4 nitrogen and oxygen atoms in total. The highest BCUT2D eigenvalue weighted by molar-refractivity contribution is 6.00. The predicted molar refractivity (Wildman–Crippen MR) is 75.7 cm³/mol. The molecule has 0 unspecified atom stereocenters. The summed E-state index contributed by atoms with van der Waals surface area (Å²) in [5.41, 5.74) is 2.82. The lowest BCUT2D eigenvalue weighted by molar-refractivity contribution is 0.101. The lowest BCUT2D eigenvalue weighted by atomic mass is 10.1. The Kier molecular flexibility index (Phi) is 3.87. The molecule has 1 aliphatic heterocycles. The lowest BCUT2D eigenvalue weighted by Gasteiger charge is -2.34. The van der Waals surface area contributed by atoms with Gasteiger partial charge < -0.3 is 15.1 Å². The van der Waals surface area contributed by atoms with Crippen molar-refractivity contribution < 1.29 is 4.79 Å². The molecule has 1 aromatic rings. The van der Waals surface area contributed by atoms with Crippen molar-refractivity contribution in [3.63, 3.8) is 0 Å². The van der Waals surface area contributed by atoms with Crippen LogP contribution in [0.1, 0.15) is 17.3 Å². The molecular weight excluding hydrogens is 226 g/mol. The maximum Gasteiger partial charge on any atom is 0.161 e. The Bertz CT molecular complexity index is 437. The van der Waals surface area contributed by atoms with Crippen LogP contribution in [0.3, 0.4) is 0 Å². The van der Waals surface area contributed by atoms with Crippen molar-refractivity contribution in [2.75, 3.05) is 50.5 Å². The summed E-state index contributed by atoms with van der Waals surface area (Å²) in [5, 5.41) is 3.07. The van der Waals surface area contributed by atoms with Crippen molar-refractivity contribution in [2.24, 2.45) is 0 Å². The summed E-state index contributed by atoms with van der Waals surface area (Å²) in [6.45, 7) is 5.80. The first-order valence-electron chi connectivity index (χ1n) is 6.38. The molecule has 0 atom stereocenters. The summed E-state index contributed by atoms with van der Waals surface area (Å²) < 4.78 is 0. The molecule has 1 saturated heterocycles. The van der Waals surface area contributed by atoms with E-state index in [-0.39, 0.29) is 5.78 Å². The molecule has 0 aromatic heterocycles. The number of hydrogen-bond donors (Lipinski definition) is 1. The van der Waals surface area contributed by atoms with Crippen molar-refractivity contribution in [2.45, 2.75) is 6.92 Å². The smallest absolute Gasteiger partial charge is 0.161 e. The van der Waals surface area contributed by atoms with Crippen LogP contribution in [0.15, 0.2) is 18.2 Å². The second kappa shape index (κ2) is 5.40. The lowest BCUT2D eigenvalue weighted by Crippen LogP contribution is -2.44. The van der Waals surface area contributed by atoms with E-state index in [9.17, 15) is 4.79 Å². The fourth-order valence-electron chi connectivity index (χ4n) is 2.30. The fraction of sp³-hybridized carbons (Fsp3) is 0.500. The molecule has 1 N–H and O–H groups in total. The average molecular weight is 247 g/mol. The molecule has 0 radical (unpaired) electrons. The summed E-state index contributed by atoms with van der Waals surface area (Å²) in [7, 11) is 3.99. The second-order valence-electron chi connectivity index (χ2n) is 4.83. The van der Waals surface area contributed by atoms with Crippen molar-refractivity contribution in [1.82, 2.24) is 4.90 Å². The molecule has 0 amide bonds. The number of hydrogen-bond acceptors (Lipinski definition) is 4. The molecule has 98 valence electrons. The van der Waals surface area contributed by atoms with Crippen LogP contribution in [0.25, 0.3) is 0 Å². The number of piperazine rings is 1. The molecule has 2 rings (SSSR count). The maximum absolute atomic E-state index is 11.6. The third-order valence-electron chi connectivity index (χ3n) is 3.52. The standard InChI is InChI=1S/C14H21N3O/c1-11(18)13-10-12(4-5-14(13)15-2)17-8-6-16(3)7-9-17/h4-5,10,15H,6-9H2,1-3H3. The highest BCUT2D eigenvalue weighted by Crippen LogP contribution is 2.24. The summed E-state index contributed by atoms with van der Waals surface area (Å²) in [4.78, 5) is 16.3. The number of carbonyl (C=O) groups is 1. The number of ketones is 1. The van der Waals surface area contributed by atoms with Crippen LogP contribution in [0.4, 0.5) is 11.4 Å². The van der Waals surface area contributed by atoms with Gasteiger partial charge in [0, 0.05) is 50.2 Å². The van der Waals surface area contributed by atoms with Gasteiger partial charge in [-0.15, -0.1) is 0 Å². The van der Waals surface area contributed by atoms with E-state index in [4.69, 9.17) is 0 Å². The van der Waals surface area contributed by atoms with Gasteiger partial charge in [-0.25, -0.2) is 0 Å². The average Bonchev–Trinajstić information content (AvgIpc) is 2.39. The van der Waals surface area contributed by atoms with Gasteiger partial charge in [-0.1, -0.05) is 0 Å². The quantitative estimate of drug-likeness (QED) is 0.824. The summed E-state index contributed by atoms with van der Waals surface area (Å²) in [5.74, 6) is 0.107. The minimum atomic E-state index is 0.107. The molecular formula is C14H21N3O. The monoisotopic (exact) mass is 247 g/mol. The molecule has 4 heteroatoms. The molecule has 1 aromatic carbocycles. The molecule has 18 heavy (non-hydrogen) atoms. The van der Waals surface area contributed by atoms with E-state index in [0.29, 0.717) is 0 Å². The zero-order chi connectivity index (χ0) is 13.1. The van der Waals surface area contributed by atoms with Gasteiger partial charge in [-0.3, -0.25) is 4.79 Å². The van der Waals surface area contributed by atoms with Gasteiger partial charge >= 0.3 is 0 Å². The van der Waals surface area contributed by atoms with Crippen LogP contribution in [-0.4, -0.2) is 51.0 Å². The first kappa shape index (κ1) is 12.9. The number of likely N-dealkylation sites (N-methyl/N-ethyl adjacent to an activating group) is 1. The van der Waals surface area contributed by atoms with E-state index in [2.05, 4.69) is 28.2 Å². The van der Waals surface area contributed by atoms with Gasteiger partial charge in [0.2, 0.25) is 0 Å². The zero-order valence-electron chi connectivity index (χ0n) is 11.4. The highest BCUT2D eigenvalue weighted by atomic mass is 16.1. The Labute approximate surface area is 109 Å². The molecule has 1 heterocycles. The largest absolute Gasteiger partial charge is 0.388 e. The molecule has 0 spiro atoms. The van der Waals surface area contributed by atoms with Crippen molar-refractivity contribution in [1.29, 1.82) is 0 Å². The minimum Gasteiger partial charge on any atom is -0.388 e. The van der Waals surface area contributed by atoms with E-state index >= 15 is 0 Å². The molecule has 1 fully saturated rings. The zero-order valence-corrected chi connectivity index (χ0v) is 11.4. The number of benzene rings is 1. The molecule has 0 bridgehead atoms. The number of nitrogens with zero attached hydrogens (tertiary/aromatic N) is 2. The SMILES string of the molecule is CNc1ccc(N2CCN(C)CC2)cc1C(C)=O. The van der Waals surface area contributed by atoms with Crippen LogP contribution >= 0.6 is 0 Å². The normalized spacial score (nSPS) is 16.7. The third-order valence-corrected chi connectivity index (χ3v) is 3.52. The number of rotatable bonds is 3. The van der Waals surface area contributed by atoms with E-state index < -0.39 is 0 Å². The van der Waals surface area contributed by atoms with Crippen LogP contribution in [0.5, 0.6) is 0 Å². The first-order valence-corrected chi connectivity index (χ1v) is 6.38. The second-order valence-corrected chi connectivity index (χ2v) is 4.83. The number of nitrogens with one attached hydrogen (secondary N) is 1. The van der Waals surface area contributed by atoms with Crippen molar-refractivity contribution in [3.05, 3.63) is 23.8 Å². The van der Waals surface area contributed by atoms with Gasteiger partial charge in [-0.2, -0.15) is 0 Å². The summed E-state index contributed by atoms with van der Waals surface area (Å²) in [6, 6.07) is 6.08. The van der Waals surface area contributed by atoms with Gasteiger partial charge in [0.05, 0.1) is 0 Å². The van der Waals surface area contributed by atoms with E-state index in [0.717, 1.165) is 43.1 Å². The minimum absolute atomic E-state index is 0.107. The number of carbonyl (C=O) groups excluding carboxylic acids is 1. The Hall–Kier alpha value is -1.55. The van der Waals surface area contributed by atoms with Crippen molar-refractivity contribution in [3.8, 4) is 0 Å². The maximum atomic E-state index is 11.6. The van der Waals surface area contributed by atoms with Crippen LogP contribution in [-0.2, 0) is 0 Å². The third kappa shape index (κ3) is 2.64. The van der Waals surface area contributed by atoms with E-state index in [1.165, 1.54) is 0 Å². The summed E-state index contributed by atoms with van der Waals surface area (Å²) >= 11 is 0. The Morgan fingerprint density at radius 3 is 2.44 bits per heavy atom. The van der Waals surface area contributed by atoms with Crippen LogP contribution in [0, 0.1) is 0 Å². The summed E-state index contributed by atoms with van der Waals surface area (Å²) in [6.07, 6.45) is 0. The van der Waals surface area contributed by atoms with Gasteiger partial charge in [0.25, 0.3) is 0 Å². The predicted octanol–water partition coefficient (Wildman–Crippen LogP) is 1.68.